The van der Waals surface area contributed by atoms with Gasteiger partial charge in [-0.15, -0.1) is 0 Å². The molecule has 1 amide bonds. The van der Waals surface area contributed by atoms with Gasteiger partial charge in [0.25, 0.3) is 5.91 Å². The fourth-order valence-electron chi connectivity index (χ4n) is 1.89. The van der Waals surface area contributed by atoms with Crippen LogP contribution >= 0.6 is 0 Å². The van der Waals surface area contributed by atoms with Crippen molar-refractivity contribution >= 4 is 17.6 Å². The van der Waals surface area contributed by atoms with Gasteiger partial charge in [0.15, 0.2) is 0 Å². The lowest BCUT2D eigenvalue weighted by molar-refractivity contribution is -0.387. The molecule has 0 aliphatic heterocycles. The molecule has 0 atom stereocenters. The summed E-state index contributed by atoms with van der Waals surface area (Å²) in [4.78, 5) is 33.1. The van der Waals surface area contributed by atoms with Crippen molar-refractivity contribution in [1.82, 2.24) is 4.90 Å². The van der Waals surface area contributed by atoms with Gasteiger partial charge in [-0.3, -0.25) is 19.7 Å². The number of aliphatic carboxylic acids is 1. The number of nitrogens with zero attached hydrogens (tertiary/aromatic N) is 2. The molecule has 2 rings (SSSR count). The average Bonchev–Trinajstić information content (AvgIpc) is 3.21. The number of hydrogen-bond acceptors (Lipinski definition) is 4. The van der Waals surface area contributed by atoms with Crippen molar-refractivity contribution in [2.45, 2.75) is 18.9 Å². The number of carbonyl (C=O) groups excluding carboxylic acids is 1. The van der Waals surface area contributed by atoms with E-state index in [-0.39, 0.29) is 6.04 Å². The SMILES string of the molecule is O=C(O)CN(C(=O)c1cc(F)c([N+](=O)[O-])cc1F)C1CC1. The standard InChI is InChI=1S/C12H10F2N2O5/c13-8-4-10(16(20)21)9(14)3-7(8)12(19)15(5-11(17)18)6-1-2-6/h3-4,6H,1-2,5H2,(H,17,18). The van der Waals surface area contributed by atoms with Crippen LogP contribution in [0.2, 0.25) is 0 Å². The molecule has 9 heteroatoms. The van der Waals surface area contributed by atoms with E-state index in [1.165, 1.54) is 0 Å². The first-order valence-corrected chi connectivity index (χ1v) is 5.97. The van der Waals surface area contributed by atoms with E-state index in [1.54, 1.807) is 0 Å². The summed E-state index contributed by atoms with van der Waals surface area (Å²) in [5.74, 6) is -4.88. The Balaban J connectivity index is 2.35. The van der Waals surface area contributed by atoms with E-state index in [2.05, 4.69) is 0 Å². The van der Waals surface area contributed by atoms with Crippen LogP contribution in [0.5, 0.6) is 0 Å². The molecule has 1 aliphatic rings. The number of hydrogen-bond donors (Lipinski definition) is 1. The minimum Gasteiger partial charge on any atom is -0.480 e. The summed E-state index contributed by atoms with van der Waals surface area (Å²) in [6.45, 7) is -0.637. The third-order valence-electron chi connectivity index (χ3n) is 3.02. The zero-order chi connectivity index (χ0) is 15.7. The molecule has 1 aromatic rings. The summed E-state index contributed by atoms with van der Waals surface area (Å²) in [5.41, 5.74) is -1.80. The fraction of sp³-hybridized carbons (Fsp3) is 0.333. The molecule has 0 unspecified atom stereocenters. The molecule has 1 fully saturated rings. The smallest absolute Gasteiger partial charge is 0.323 e. The first-order chi connectivity index (χ1) is 9.81. The second-order valence-corrected chi connectivity index (χ2v) is 4.60. The number of halogens is 2. The number of nitro benzene ring substituents is 1. The van der Waals surface area contributed by atoms with Gasteiger partial charge in [0, 0.05) is 6.04 Å². The van der Waals surface area contributed by atoms with Crippen molar-refractivity contribution in [1.29, 1.82) is 0 Å². The predicted molar refractivity (Wildman–Crippen MR) is 64.7 cm³/mol. The van der Waals surface area contributed by atoms with Gasteiger partial charge in [-0.05, 0) is 18.9 Å². The van der Waals surface area contributed by atoms with E-state index in [4.69, 9.17) is 5.11 Å². The third kappa shape index (κ3) is 3.12. The molecule has 1 aliphatic carbocycles. The highest BCUT2D eigenvalue weighted by Gasteiger charge is 2.36. The second kappa shape index (κ2) is 5.43. The summed E-state index contributed by atoms with van der Waals surface area (Å²) in [7, 11) is 0. The molecule has 0 heterocycles. The van der Waals surface area contributed by atoms with Gasteiger partial charge in [0.05, 0.1) is 16.6 Å². The van der Waals surface area contributed by atoms with Gasteiger partial charge in [0.1, 0.15) is 12.4 Å². The van der Waals surface area contributed by atoms with E-state index >= 15 is 0 Å². The van der Waals surface area contributed by atoms with Gasteiger partial charge in [-0.2, -0.15) is 4.39 Å². The highest BCUT2D eigenvalue weighted by molar-refractivity contribution is 5.96. The minimum atomic E-state index is -1.35. The summed E-state index contributed by atoms with van der Waals surface area (Å²) < 4.78 is 27.2. The van der Waals surface area contributed by atoms with Gasteiger partial charge >= 0.3 is 11.7 Å². The number of carbonyl (C=O) groups is 2. The third-order valence-corrected chi connectivity index (χ3v) is 3.02. The number of rotatable bonds is 5. The molecule has 112 valence electrons. The van der Waals surface area contributed by atoms with Gasteiger partial charge in [0.2, 0.25) is 5.82 Å². The molecular formula is C12H10F2N2O5. The van der Waals surface area contributed by atoms with Crippen LogP contribution in [0.25, 0.3) is 0 Å². The maximum atomic E-state index is 13.8. The first-order valence-electron chi connectivity index (χ1n) is 5.97. The first kappa shape index (κ1) is 14.8. The largest absolute Gasteiger partial charge is 0.480 e. The molecule has 21 heavy (non-hydrogen) atoms. The van der Waals surface area contributed by atoms with E-state index < -0.39 is 46.2 Å². The van der Waals surface area contributed by atoms with Crippen molar-refractivity contribution < 1.29 is 28.4 Å². The van der Waals surface area contributed by atoms with Gasteiger partial charge in [-0.25, -0.2) is 4.39 Å². The normalized spacial score (nSPS) is 13.8. The molecule has 1 N–H and O–H groups in total. The maximum Gasteiger partial charge on any atom is 0.323 e. The van der Waals surface area contributed by atoms with Crippen molar-refractivity contribution in [3.63, 3.8) is 0 Å². The molecule has 0 bridgehead atoms. The summed E-state index contributed by atoms with van der Waals surface area (Å²) in [6, 6.07) is 0.410. The molecule has 0 radical (unpaired) electrons. The number of carboxylic acid groups (broad SMARTS) is 1. The average molecular weight is 300 g/mol. The minimum absolute atomic E-state index is 0.314. The Morgan fingerprint density at radius 3 is 2.43 bits per heavy atom. The molecule has 1 aromatic carbocycles. The van der Waals surface area contributed by atoms with Crippen molar-refractivity contribution in [3.8, 4) is 0 Å². The highest BCUT2D eigenvalue weighted by atomic mass is 19.1. The number of amides is 1. The van der Waals surface area contributed by atoms with Crippen molar-refractivity contribution in [2.75, 3.05) is 6.54 Å². The van der Waals surface area contributed by atoms with Gasteiger partial charge < -0.3 is 10.0 Å². The highest BCUT2D eigenvalue weighted by Crippen LogP contribution is 2.29. The van der Waals surface area contributed by atoms with Crippen LogP contribution in [0.4, 0.5) is 14.5 Å². The van der Waals surface area contributed by atoms with Crippen LogP contribution in [0.3, 0.4) is 0 Å². The molecule has 1 saturated carbocycles. The zero-order valence-corrected chi connectivity index (χ0v) is 10.6. The number of carboxylic acids is 1. The fourth-order valence-corrected chi connectivity index (χ4v) is 1.89. The molecule has 0 aromatic heterocycles. The van der Waals surface area contributed by atoms with Crippen LogP contribution in [-0.2, 0) is 4.79 Å². The lowest BCUT2D eigenvalue weighted by Crippen LogP contribution is -2.38. The van der Waals surface area contributed by atoms with E-state index in [0.29, 0.717) is 25.0 Å². The van der Waals surface area contributed by atoms with Gasteiger partial charge in [-0.1, -0.05) is 0 Å². The lowest BCUT2D eigenvalue weighted by atomic mass is 10.1. The Kier molecular flexibility index (Phi) is 3.83. The Morgan fingerprint density at radius 1 is 1.33 bits per heavy atom. The van der Waals surface area contributed by atoms with Crippen LogP contribution < -0.4 is 0 Å². The molecule has 0 saturated heterocycles. The van der Waals surface area contributed by atoms with Crippen LogP contribution in [-0.4, -0.2) is 39.4 Å². The topological polar surface area (TPSA) is 101 Å². The molecule has 0 spiro atoms. The van der Waals surface area contributed by atoms with Crippen LogP contribution in [0.15, 0.2) is 12.1 Å². The van der Waals surface area contributed by atoms with E-state index in [0.717, 1.165) is 4.90 Å². The Labute approximate surface area is 116 Å². The zero-order valence-electron chi connectivity index (χ0n) is 10.6. The molecular weight excluding hydrogens is 290 g/mol. The van der Waals surface area contributed by atoms with Crippen LogP contribution in [0.1, 0.15) is 23.2 Å². The van der Waals surface area contributed by atoms with Crippen molar-refractivity contribution in [2.24, 2.45) is 0 Å². The monoisotopic (exact) mass is 300 g/mol. The van der Waals surface area contributed by atoms with Crippen LogP contribution in [0, 0.1) is 21.7 Å². The molecule has 7 nitrogen and oxygen atoms in total. The summed E-state index contributed by atoms with van der Waals surface area (Å²) in [5, 5.41) is 19.2. The predicted octanol–water partition coefficient (Wildman–Crippen LogP) is 1.56. The Morgan fingerprint density at radius 2 is 1.95 bits per heavy atom. The quantitative estimate of drug-likeness (QED) is 0.657. The van der Waals surface area contributed by atoms with E-state index in [1.807, 2.05) is 0 Å². The summed E-state index contributed by atoms with van der Waals surface area (Å²) >= 11 is 0. The Hall–Kier alpha value is -2.58. The number of benzene rings is 1. The van der Waals surface area contributed by atoms with E-state index in [9.17, 15) is 28.5 Å². The summed E-state index contributed by atoms with van der Waals surface area (Å²) in [6.07, 6.45) is 1.16. The lowest BCUT2D eigenvalue weighted by Gasteiger charge is -2.20. The van der Waals surface area contributed by atoms with Crippen molar-refractivity contribution in [3.05, 3.63) is 39.4 Å². The Bertz CT molecular complexity index is 630. The number of nitro groups is 1. The maximum absolute atomic E-state index is 13.8. The second-order valence-electron chi connectivity index (χ2n) is 4.60.